The van der Waals surface area contributed by atoms with E-state index in [-0.39, 0.29) is 24.7 Å². The molecule has 144 valence electrons. The van der Waals surface area contributed by atoms with Gasteiger partial charge >= 0.3 is 5.97 Å². The van der Waals surface area contributed by atoms with Crippen molar-refractivity contribution in [2.75, 3.05) is 11.9 Å². The number of carbonyl (C=O) groups excluding carboxylic acids is 2. The molecule has 2 aromatic carbocycles. The predicted molar refractivity (Wildman–Crippen MR) is 112 cm³/mol. The van der Waals surface area contributed by atoms with E-state index in [1.807, 2.05) is 47.8 Å². The second kappa shape index (κ2) is 9.48. The fourth-order valence-corrected chi connectivity index (χ4v) is 3.52. The van der Waals surface area contributed by atoms with Crippen molar-refractivity contribution in [1.29, 1.82) is 0 Å². The van der Waals surface area contributed by atoms with Gasteiger partial charge in [-0.15, -0.1) is 11.3 Å². The van der Waals surface area contributed by atoms with Gasteiger partial charge in [0.2, 0.25) is 5.91 Å². The Morgan fingerprint density at radius 3 is 2.64 bits per heavy atom. The van der Waals surface area contributed by atoms with E-state index in [9.17, 15) is 9.59 Å². The normalized spacial score (nSPS) is 10.5. The summed E-state index contributed by atoms with van der Waals surface area (Å²) in [6.45, 7) is 2.05. The van der Waals surface area contributed by atoms with Crippen LogP contribution in [0.4, 0.5) is 5.69 Å². The Kier molecular flexibility index (Phi) is 6.79. The monoisotopic (exact) mass is 414 g/mol. The van der Waals surface area contributed by atoms with Gasteiger partial charge in [0.05, 0.1) is 18.7 Å². The molecule has 0 saturated heterocycles. The highest BCUT2D eigenvalue weighted by atomic mass is 35.5. The molecule has 1 aromatic heterocycles. The number of hydrogen-bond acceptors (Lipinski definition) is 5. The minimum Gasteiger partial charge on any atom is -0.466 e. The topological polar surface area (TPSA) is 68.3 Å². The fraction of sp³-hybridized carbons (Fsp3) is 0.190. The summed E-state index contributed by atoms with van der Waals surface area (Å²) < 4.78 is 4.83. The Balaban J connectivity index is 1.67. The molecule has 0 saturated carbocycles. The highest BCUT2D eigenvalue weighted by molar-refractivity contribution is 7.13. The lowest BCUT2D eigenvalue weighted by Gasteiger charge is -2.06. The molecule has 1 amide bonds. The third-order valence-corrected chi connectivity index (χ3v) is 5.04. The number of hydrogen-bond donors (Lipinski definition) is 1. The Morgan fingerprint density at radius 2 is 1.89 bits per heavy atom. The van der Waals surface area contributed by atoms with Crippen molar-refractivity contribution in [3.8, 4) is 21.8 Å². The SMILES string of the molecule is CCOC(=O)CCC(=O)Nc1cccc(-c2csc(-c3ccc(Cl)cc3)n2)c1. The summed E-state index contributed by atoms with van der Waals surface area (Å²) >= 11 is 7.48. The number of amides is 1. The summed E-state index contributed by atoms with van der Waals surface area (Å²) in [5, 5.41) is 6.37. The van der Waals surface area contributed by atoms with Crippen molar-refractivity contribution in [3.63, 3.8) is 0 Å². The molecule has 0 unspecified atom stereocenters. The van der Waals surface area contributed by atoms with E-state index in [1.54, 1.807) is 24.3 Å². The number of carbonyl (C=O) groups is 2. The van der Waals surface area contributed by atoms with Crippen LogP contribution in [0.15, 0.2) is 53.9 Å². The van der Waals surface area contributed by atoms with E-state index in [2.05, 4.69) is 10.3 Å². The molecule has 0 aliphatic heterocycles. The summed E-state index contributed by atoms with van der Waals surface area (Å²) in [6, 6.07) is 15.0. The first kappa shape index (κ1) is 20.0. The smallest absolute Gasteiger partial charge is 0.306 e. The van der Waals surface area contributed by atoms with Crippen LogP contribution in [0.5, 0.6) is 0 Å². The van der Waals surface area contributed by atoms with Gasteiger partial charge in [0.15, 0.2) is 0 Å². The number of aromatic nitrogens is 1. The molecule has 0 bridgehead atoms. The van der Waals surface area contributed by atoms with Gasteiger partial charge < -0.3 is 10.1 Å². The number of esters is 1. The van der Waals surface area contributed by atoms with Crippen molar-refractivity contribution >= 4 is 40.5 Å². The van der Waals surface area contributed by atoms with Crippen molar-refractivity contribution in [1.82, 2.24) is 4.98 Å². The maximum Gasteiger partial charge on any atom is 0.306 e. The number of ether oxygens (including phenoxy) is 1. The van der Waals surface area contributed by atoms with Crippen LogP contribution in [0, 0.1) is 0 Å². The fourth-order valence-electron chi connectivity index (χ4n) is 2.56. The lowest BCUT2D eigenvalue weighted by molar-refractivity contribution is -0.144. The number of anilines is 1. The van der Waals surface area contributed by atoms with Crippen LogP contribution in [0.2, 0.25) is 5.02 Å². The van der Waals surface area contributed by atoms with Crippen molar-refractivity contribution in [3.05, 3.63) is 58.9 Å². The number of nitrogens with one attached hydrogen (secondary N) is 1. The molecule has 0 radical (unpaired) electrons. The molecule has 0 aliphatic rings. The summed E-state index contributed by atoms with van der Waals surface area (Å²) in [6.07, 6.45) is 0.149. The minimum atomic E-state index is -0.372. The second-order valence-electron chi connectivity index (χ2n) is 5.98. The highest BCUT2D eigenvalue weighted by Crippen LogP contribution is 2.30. The Labute approximate surface area is 172 Å². The summed E-state index contributed by atoms with van der Waals surface area (Å²) in [5.41, 5.74) is 3.40. The quantitative estimate of drug-likeness (QED) is 0.524. The van der Waals surface area contributed by atoms with Gasteiger partial charge in [0.25, 0.3) is 0 Å². The van der Waals surface area contributed by atoms with Crippen LogP contribution in [-0.4, -0.2) is 23.5 Å². The average molecular weight is 415 g/mol. The average Bonchev–Trinajstić information content (AvgIpc) is 3.18. The van der Waals surface area contributed by atoms with Gasteiger partial charge in [0, 0.05) is 33.6 Å². The van der Waals surface area contributed by atoms with Gasteiger partial charge in [0.1, 0.15) is 5.01 Å². The van der Waals surface area contributed by atoms with Gasteiger partial charge in [-0.25, -0.2) is 4.98 Å². The number of benzene rings is 2. The molecular formula is C21H19ClN2O3S. The summed E-state index contributed by atoms with van der Waals surface area (Å²) in [4.78, 5) is 28.1. The van der Waals surface area contributed by atoms with E-state index in [0.717, 1.165) is 21.8 Å². The highest BCUT2D eigenvalue weighted by Gasteiger charge is 2.10. The Bertz CT molecular complexity index is 970. The lowest BCUT2D eigenvalue weighted by Crippen LogP contribution is -2.14. The molecule has 5 nitrogen and oxygen atoms in total. The van der Waals surface area contributed by atoms with Crippen LogP contribution in [0.3, 0.4) is 0 Å². The lowest BCUT2D eigenvalue weighted by atomic mass is 10.1. The first-order chi connectivity index (χ1) is 13.5. The van der Waals surface area contributed by atoms with E-state index in [1.165, 1.54) is 0 Å². The molecule has 0 spiro atoms. The van der Waals surface area contributed by atoms with Gasteiger partial charge in [-0.3, -0.25) is 9.59 Å². The first-order valence-electron chi connectivity index (χ1n) is 8.82. The molecule has 7 heteroatoms. The van der Waals surface area contributed by atoms with Crippen LogP contribution >= 0.6 is 22.9 Å². The molecule has 1 heterocycles. The largest absolute Gasteiger partial charge is 0.466 e. The molecular weight excluding hydrogens is 396 g/mol. The van der Waals surface area contributed by atoms with Crippen molar-refractivity contribution in [2.45, 2.75) is 19.8 Å². The van der Waals surface area contributed by atoms with Crippen molar-refractivity contribution < 1.29 is 14.3 Å². The van der Waals surface area contributed by atoms with E-state index >= 15 is 0 Å². The molecule has 0 atom stereocenters. The number of rotatable bonds is 7. The molecule has 0 fully saturated rings. The predicted octanol–water partition coefficient (Wildman–Crippen LogP) is 5.41. The van der Waals surface area contributed by atoms with Crippen LogP contribution in [0.1, 0.15) is 19.8 Å². The Hall–Kier alpha value is -2.70. The first-order valence-corrected chi connectivity index (χ1v) is 10.1. The zero-order valence-electron chi connectivity index (χ0n) is 15.3. The zero-order valence-corrected chi connectivity index (χ0v) is 16.8. The van der Waals surface area contributed by atoms with Gasteiger partial charge in [-0.1, -0.05) is 35.9 Å². The number of nitrogens with zero attached hydrogens (tertiary/aromatic N) is 1. The molecule has 0 aliphatic carbocycles. The van der Waals surface area contributed by atoms with E-state index in [4.69, 9.17) is 16.3 Å². The maximum atomic E-state index is 12.0. The molecule has 28 heavy (non-hydrogen) atoms. The van der Waals surface area contributed by atoms with Gasteiger partial charge in [-0.2, -0.15) is 0 Å². The van der Waals surface area contributed by atoms with Crippen LogP contribution in [-0.2, 0) is 14.3 Å². The third-order valence-electron chi connectivity index (χ3n) is 3.90. The Morgan fingerprint density at radius 1 is 1.11 bits per heavy atom. The standard InChI is InChI=1S/C21H19ClN2O3S/c1-2-27-20(26)11-10-19(25)23-17-5-3-4-15(12-17)18-13-28-21(24-18)14-6-8-16(22)9-7-14/h3-9,12-13H,2,10-11H2,1H3,(H,23,25). The molecule has 3 aromatic rings. The van der Waals surface area contributed by atoms with E-state index in [0.29, 0.717) is 17.3 Å². The van der Waals surface area contributed by atoms with Gasteiger partial charge in [-0.05, 0) is 31.2 Å². The zero-order chi connectivity index (χ0) is 19.9. The number of thiazole rings is 1. The second-order valence-corrected chi connectivity index (χ2v) is 7.27. The summed E-state index contributed by atoms with van der Waals surface area (Å²) in [5.74, 6) is -0.603. The molecule has 1 N–H and O–H groups in total. The van der Waals surface area contributed by atoms with Crippen molar-refractivity contribution in [2.24, 2.45) is 0 Å². The minimum absolute atomic E-state index is 0.0654. The number of halogens is 1. The summed E-state index contributed by atoms with van der Waals surface area (Å²) in [7, 11) is 0. The van der Waals surface area contributed by atoms with Crippen LogP contribution in [0.25, 0.3) is 21.8 Å². The van der Waals surface area contributed by atoms with E-state index < -0.39 is 0 Å². The molecule has 3 rings (SSSR count). The third kappa shape index (κ3) is 5.41. The van der Waals surface area contributed by atoms with Crippen LogP contribution < -0.4 is 5.32 Å². The maximum absolute atomic E-state index is 12.0.